The molecular formula is C68H132O17P2. The van der Waals surface area contributed by atoms with Gasteiger partial charge in [-0.05, 0) is 49.4 Å². The SMILES string of the molecule is CCC(C)CCCCCCCCCCC(=O)O[C@H](COC(=O)CCCCCCCCC(C)C)COP(=O)(O)OC[C@H](O)COP(=O)(O)OC[C@@H](COC(=O)CCCCCCCCCCCCC(C)C)OC(=O)CCCCCCCCCCCCC(C)C. The summed E-state index contributed by atoms with van der Waals surface area (Å²) in [6, 6.07) is 0. The fraction of sp³-hybridized carbons (Fsp3) is 0.941. The fourth-order valence-electron chi connectivity index (χ4n) is 10.1. The van der Waals surface area contributed by atoms with Crippen molar-refractivity contribution >= 4 is 39.5 Å². The van der Waals surface area contributed by atoms with Gasteiger partial charge in [-0.25, -0.2) is 9.13 Å². The van der Waals surface area contributed by atoms with Gasteiger partial charge in [-0.3, -0.25) is 37.3 Å². The number of carbonyl (C=O) groups is 4. The molecule has 0 bridgehead atoms. The maximum absolute atomic E-state index is 13.0. The predicted octanol–water partition coefficient (Wildman–Crippen LogP) is 18.9. The molecule has 3 N–H and O–H groups in total. The Morgan fingerprint density at radius 2 is 0.552 bits per heavy atom. The molecule has 3 unspecified atom stereocenters. The zero-order valence-corrected chi connectivity index (χ0v) is 58.4. The molecular weight excluding hydrogens is 1150 g/mol. The number of aliphatic hydroxyl groups is 1. The van der Waals surface area contributed by atoms with E-state index in [1.165, 1.54) is 128 Å². The van der Waals surface area contributed by atoms with E-state index in [-0.39, 0.29) is 25.7 Å². The number of unbranched alkanes of at least 4 members (excludes halogenated alkanes) is 30. The minimum atomic E-state index is -4.95. The van der Waals surface area contributed by atoms with Crippen molar-refractivity contribution in [3.63, 3.8) is 0 Å². The monoisotopic (exact) mass is 1280 g/mol. The molecule has 0 amide bonds. The molecule has 0 aromatic rings. The third kappa shape index (κ3) is 61.3. The van der Waals surface area contributed by atoms with E-state index >= 15 is 0 Å². The molecule has 6 atom stereocenters. The average Bonchev–Trinajstić information content (AvgIpc) is 3.69. The number of ether oxygens (including phenoxy) is 4. The second-order valence-electron chi connectivity index (χ2n) is 26.2. The molecule has 0 aromatic heterocycles. The van der Waals surface area contributed by atoms with Gasteiger partial charge in [0.2, 0.25) is 0 Å². The van der Waals surface area contributed by atoms with Crippen LogP contribution in [-0.2, 0) is 65.4 Å². The molecule has 0 saturated carbocycles. The normalized spacial score (nSPS) is 14.6. The van der Waals surface area contributed by atoms with Gasteiger partial charge in [0.05, 0.1) is 26.4 Å². The number of esters is 4. The summed E-state index contributed by atoms with van der Waals surface area (Å²) >= 11 is 0. The van der Waals surface area contributed by atoms with Crippen molar-refractivity contribution in [1.82, 2.24) is 0 Å². The highest BCUT2D eigenvalue weighted by atomic mass is 31.2. The van der Waals surface area contributed by atoms with E-state index in [1.807, 2.05) is 0 Å². The van der Waals surface area contributed by atoms with Gasteiger partial charge in [0.15, 0.2) is 12.2 Å². The Hall–Kier alpha value is -1.94. The van der Waals surface area contributed by atoms with E-state index in [1.54, 1.807) is 0 Å². The number of carbonyl (C=O) groups excluding carboxylic acids is 4. The highest BCUT2D eigenvalue weighted by Gasteiger charge is 2.30. The van der Waals surface area contributed by atoms with Crippen molar-refractivity contribution in [3.05, 3.63) is 0 Å². The molecule has 0 rings (SSSR count). The molecule has 516 valence electrons. The van der Waals surface area contributed by atoms with Crippen LogP contribution in [0, 0.1) is 23.7 Å². The van der Waals surface area contributed by atoms with Gasteiger partial charge in [0, 0.05) is 25.7 Å². The van der Waals surface area contributed by atoms with Crippen LogP contribution in [0.1, 0.15) is 331 Å². The van der Waals surface area contributed by atoms with E-state index in [2.05, 4.69) is 55.4 Å². The quantitative estimate of drug-likeness (QED) is 0.0222. The standard InChI is InChI=1S/C68H132O17P2/c1-9-61(8)47-39-31-22-18-19-25-35-43-51-68(73)85-64(55-79-66(71)49-41-33-27-26-30-38-46-60(6)7)57-83-87(76,77)81-53-62(69)52-80-86(74,75)82-56-63(84-67(72)50-42-34-24-17-13-11-15-21-29-37-45-59(4)5)54-78-65(70)48-40-32-23-16-12-10-14-20-28-36-44-58(2)3/h58-64,69H,9-57H2,1-8H3,(H,74,75)(H,76,77)/t61?,62-,63-,64-/m1/s1. The summed E-state index contributed by atoms with van der Waals surface area (Å²) in [6.07, 6.45) is 39.0. The van der Waals surface area contributed by atoms with Crippen LogP contribution < -0.4 is 0 Å². The van der Waals surface area contributed by atoms with Crippen LogP contribution in [0.2, 0.25) is 0 Å². The Morgan fingerprint density at radius 1 is 0.322 bits per heavy atom. The van der Waals surface area contributed by atoms with E-state index in [0.717, 1.165) is 114 Å². The van der Waals surface area contributed by atoms with E-state index in [4.69, 9.17) is 37.0 Å². The maximum Gasteiger partial charge on any atom is 0.472 e. The molecule has 87 heavy (non-hydrogen) atoms. The van der Waals surface area contributed by atoms with Crippen molar-refractivity contribution in [2.24, 2.45) is 23.7 Å². The van der Waals surface area contributed by atoms with Gasteiger partial charge in [0.25, 0.3) is 0 Å². The summed E-state index contributed by atoms with van der Waals surface area (Å²) in [4.78, 5) is 72.4. The lowest BCUT2D eigenvalue weighted by molar-refractivity contribution is -0.161. The summed E-state index contributed by atoms with van der Waals surface area (Å²) in [7, 11) is -9.90. The molecule has 19 heteroatoms. The second-order valence-corrected chi connectivity index (χ2v) is 29.1. The summed E-state index contributed by atoms with van der Waals surface area (Å²) < 4.78 is 68.2. The van der Waals surface area contributed by atoms with Crippen molar-refractivity contribution in [1.29, 1.82) is 0 Å². The molecule has 0 radical (unpaired) electrons. The molecule has 0 aliphatic carbocycles. The molecule has 0 aliphatic heterocycles. The van der Waals surface area contributed by atoms with Crippen molar-refractivity contribution < 1.29 is 80.2 Å². The van der Waals surface area contributed by atoms with E-state index in [9.17, 15) is 43.2 Å². The number of phosphoric acid groups is 2. The molecule has 0 spiro atoms. The molecule has 17 nitrogen and oxygen atoms in total. The lowest BCUT2D eigenvalue weighted by Gasteiger charge is -2.21. The van der Waals surface area contributed by atoms with Crippen LogP contribution in [0.4, 0.5) is 0 Å². The van der Waals surface area contributed by atoms with Crippen LogP contribution in [0.3, 0.4) is 0 Å². The van der Waals surface area contributed by atoms with Crippen LogP contribution in [0.25, 0.3) is 0 Å². The van der Waals surface area contributed by atoms with Crippen molar-refractivity contribution in [2.45, 2.75) is 350 Å². The van der Waals surface area contributed by atoms with Crippen LogP contribution in [0.5, 0.6) is 0 Å². The van der Waals surface area contributed by atoms with Crippen LogP contribution >= 0.6 is 15.6 Å². The zero-order valence-electron chi connectivity index (χ0n) is 56.6. The first kappa shape index (κ1) is 85.1. The third-order valence-electron chi connectivity index (χ3n) is 15.9. The molecule has 0 saturated heterocycles. The highest BCUT2D eigenvalue weighted by Crippen LogP contribution is 2.45. The maximum atomic E-state index is 13.0. The Bertz CT molecular complexity index is 1730. The van der Waals surface area contributed by atoms with Gasteiger partial charge >= 0.3 is 39.5 Å². The average molecular weight is 1280 g/mol. The molecule has 0 heterocycles. The van der Waals surface area contributed by atoms with Crippen molar-refractivity contribution in [2.75, 3.05) is 39.6 Å². The summed E-state index contributed by atoms with van der Waals surface area (Å²) in [5.74, 6) is 0.825. The first-order valence-electron chi connectivity index (χ1n) is 35.2. The summed E-state index contributed by atoms with van der Waals surface area (Å²) in [6.45, 7) is 14.0. The van der Waals surface area contributed by atoms with Gasteiger partial charge in [-0.1, -0.05) is 280 Å². The number of rotatable bonds is 65. The van der Waals surface area contributed by atoms with Gasteiger partial charge in [-0.15, -0.1) is 0 Å². The summed E-state index contributed by atoms with van der Waals surface area (Å²) in [5, 5.41) is 10.6. The Balaban J connectivity index is 5.26. The highest BCUT2D eigenvalue weighted by molar-refractivity contribution is 7.47. The third-order valence-corrected chi connectivity index (χ3v) is 17.8. The van der Waals surface area contributed by atoms with E-state index in [0.29, 0.717) is 31.6 Å². The number of aliphatic hydroxyl groups excluding tert-OH is 1. The fourth-order valence-corrected chi connectivity index (χ4v) is 11.7. The molecule has 0 aliphatic rings. The smallest absolute Gasteiger partial charge is 0.462 e. The lowest BCUT2D eigenvalue weighted by atomic mass is 9.99. The first-order chi connectivity index (χ1) is 41.6. The topological polar surface area (TPSA) is 237 Å². The van der Waals surface area contributed by atoms with Gasteiger partial charge in [0.1, 0.15) is 19.3 Å². The second kappa shape index (κ2) is 57.9. The largest absolute Gasteiger partial charge is 0.472 e. The molecule has 0 fully saturated rings. The first-order valence-corrected chi connectivity index (χ1v) is 38.2. The van der Waals surface area contributed by atoms with Gasteiger partial charge in [-0.2, -0.15) is 0 Å². The zero-order chi connectivity index (χ0) is 64.7. The summed E-state index contributed by atoms with van der Waals surface area (Å²) in [5.41, 5.74) is 0. The van der Waals surface area contributed by atoms with Crippen LogP contribution in [0.15, 0.2) is 0 Å². The Morgan fingerprint density at radius 3 is 0.816 bits per heavy atom. The van der Waals surface area contributed by atoms with Gasteiger partial charge < -0.3 is 33.8 Å². The number of hydrogen-bond acceptors (Lipinski definition) is 15. The minimum Gasteiger partial charge on any atom is -0.462 e. The van der Waals surface area contributed by atoms with Crippen LogP contribution in [-0.4, -0.2) is 96.7 Å². The Kier molecular flexibility index (Phi) is 56.6. The number of phosphoric ester groups is 2. The minimum absolute atomic E-state index is 0.103. The molecule has 0 aromatic carbocycles. The Labute approximate surface area is 530 Å². The predicted molar refractivity (Wildman–Crippen MR) is 349 cm³/mol. The van der Waals surface area contributed by atoms with E-state index < -0.39 is 97.5 Å². The van der Waals surface area contributed by atoms with Crippen molar-refractivity contribution in [3.8, 4) is 0 Å². The number of hydrogen-bond donors (Lipinski definition) is 3. The lowest BCUT2D eigenvalue weighted by Crippen LogP contribution is -2.30.